The fourth-order valence-corrected chi connectivity index (χ4v) is 2.72. The number of benzene rings is 2. The predicted molar refractivity (Wildman–Crippen MR) is 96.4 cm³/mol. The smallest absolute Gasteiger partial charge is 0.226 e. The summed E-state index contributed by atoms with van der Waals surface area (Å²) in [6.07, 6.45) is 2.62. The first-order valence-electron chi connectivity index (χ1n) is 8.41. The van der Waals surface area contributed by atoms with E-state index in [2.05, 4.69) is 34.1 Å². The van der Waals surface area contributed by atoms with Crippen LogP contribution >= 0.6 is 0 Å². The summed E-state index contributed by atoms with van der Waals surface area (Å²) in [5, 5.41) is 0. The second-order valence-corrected chi connectivity index (χ2v) is 5.95. The third kappa shape index (κ3) is 4.98. The van der Waals surface area contributed by atoms with Gasteiger partial charge in [0.2, 0.25) is 5.89 Å². The average molecular weight is 339 g/mol. The van der Waals surface area contributed by atoms with E-state index >= 15 is 0 Å². The lowest BCUT2D eigenvalue weighted by molar-refractivity contribution is 0.273. The van der Waals surface area contributed by atoms with Gasteiger partial charge in [0, 0.05) is 31.7 Å². The van der Waals surface area contributed by atoms with Gasteiger partial charge in [0.1, 0.15) is 12.1 Å². The fourth-order valence-electron chi connectivity index (χ4n) is 2.72. The van der Waals surface area contributed by atoms with E-state index in [1.54, 1.807) is 18.4 Å². The number of oxazole rings is 1. The lowest BCUT2D eigenvalue weighted by Gasteiger charge is -2.20. The number of nitrogens with two attached hydrogens (primary N) is 1. The van der Waals surface area contributed by atoms with Crippen molar-refractivity contribution in [1.82, 2.24) is 9.88 Å². The number of hydrogen-bond donors (Lipinski definition) is 1. The molecule has 3 rings (SSSR count). The van der Waals surface area contributed by atoms with Crippen molar-refractivity contribution in [2.75, 3.05) is 19.6 Å². The summed E-state index contributed by atoms with van der Waals surface area (Å²) in [5.41, 5.74) is 8.66. The molecule has 0 atom stereocenters. The molecule has 0 saturated carbocycles. The molecule has 2 N–H and O–H groups in total. The molecule has 0 radical (unpaired) electrons. The van der Waals surface area contributed by atoms with Gasteiger partial charge in [0.05, 0.1) is 5.69 Å². The number of aromatic nitrogens is 1. The van der Waals surface area contributed by atoms with Gasteiger partial charge >= 0.3 is 0 Å². The summed E-state index contributed by atoms with van der Waals surface area (Å²) in [6.45, 7) is 2.97. The predicted octanol–water partition coefficient (Wildman–Crippen LogP) is 3.48. The molecule has 2 aromatic carbocycles. The van der Waals surface area contributed by atoms with Crippen LogP contribution in [-0.4, -0.2) is 29.5 Å². The lowest BCUT2D eigenvalue weighted by Crippen LogP contribution is -2.31. The van der Waals surface area contributed by atoms with Gasteiger partial charge in [0.25, 0.3) is 0 Å². The topological polar surface area (TPSA) is 55.3 Å². The maximum absolute atomic E-state index is 13.0. The molecule has 0 amide bonds. The standard InChI is InChI=1S/C20H22FN3O/c21-18-8-6-17(7-9-18)20-23-19(15-25-20)14-24(13-11-22)12-10-16-4-2-1-3-5-16/h1-9,15H,10-14,22H2. The molecule has 3 aromatic rings. The molecule has 130 valence electrons. The highest BCUT2D eigenvalue weighted by Crippen LogP contribution is 2.19. The largest absolute Gasteiger partial charge is 0.444 e. The summed E-state index contributed by atoms with van der Waals surface area (Å²) in [6, 6.07) is 16.5. The molecule has 25 heavy (non-hydrogen) atoms. The molecule has 1 heterocycles. The van der Waals surface area contributed by atoms with Gasteiger partial charge in [0.15, 0.2) is 0 Å². The number of halogens is 1. The monoisotopic (exact) mass is 339 g/mol. The molecular formula is C20H22FN3O. The molecule has 0 aliphatic heterocycles. The van der Waals surface area contributed by atoms with E-state index in [-0.39, 0.29) is 5.82 Å². The molecule has 4 nitrogen and oxygen atoms in total. The van der Waals surface area contributed by atoms with Crippen LogP contribution in [0.3, 0.4) is 0 Å². The Kier molecular flexibility index (Phi) is 5.93. The zero-order chi connectivity index (χ0) is 17.5. The Hall–Kier alpha value is -2.50. The summed E-state index contributed by atoms with van der Waals surface area (Å²) in [5.74, 6) is 0.233. The first-order valence-corrected chi connectivity index (χ1v) is 8.41. The summed E-state index contributed by atoms with van der Waals surface area (Å²) < 4.78 is 18.6. The van der Waals surface area contributed by atoms with Crippen molar-refractivity contribution in [3.8, 4) is 11.5 Å². The minimum atomic E-state index is -0.273. The van der Waals surface area contributed by atoms with Crippen LogP contribution in [0, 0.1) is 5.82 Å². The highest BCUT2D eigenvalue weighted by Gasteiger charge is 2.11. The molecule has 0 fully saturated rings. The molecule has 0 saturated heterocycles. The molecule has 0 aliphatic carbocycles. The van der Waals surface area contributed by atoms with Crippen LogP contribution in [0.2, 0.25) is 0 Å². The van der Waals surface area contributed by atoms with Crippen LogP contribution in [0.15, 0.2) is 65.3 Å². The van der Waals surface area contributed by atoms with Gasteiger partial charge in [-0.2, -0.15) is 0 Å². The normalized spacial score (nSPS) is 11.2. The Bertz CT molecular complexity index is 771. The van der Waals surface area contributed by atoms with Crippen LogP contribution in [0.4, 0.5) is 4.39 Å². The maximum atomic E-state index is 13.0. The van der Waals surface area contributed by atoms with Gasteiger partial charge in [-0.05, 0) is 36.2 Å². The Labute approximate surface area is 147 Å². The second-order valence-electron chi connectivity index (χ2n) is 5.95. The zero-order valence-corrected chi connectivity index (χ0v) is 14.1. The summed E-state index contributed by atoms with van der Waals surface area (Å²) in [7, 11) is 0. The minimum absolute atomic E-state index is 0.273. The van der Waals surface area contributed by atoms with Crippen molar-refractivity contribution in [2.24, 2.45) is 5.73 Å². The quantitative estimate of drug-likeness (QED) is 0.683. The molecule has 0 unspecified atom stereocenters. The van der Waals surface area contributed by atoms with Gasteiger partial charge in [-0.3, -0.25) is 4.90 Å². The Balaban J connectivity index is 1.63. The Morgan fingerprint density at radius 1 is 1.00 bits per heavy atom. The zero-order valence-electron chi connectivity index (χ0n) is 14.1. The van der Waals surface area contributed by atoms with E-state index in [0.29, 0.717) is 19.0 Å². The Morgan fingerprint density at radius 3 is 2.48 bits per heavy atom. The van der Waals surface area contributed by atoms with Crippen LogP contribution in [0.25, 0.3) is 11.5 Å². The molecule has 0 bridgehead atoms. The third-order valence-electron chi connectivity index (χ3n) is 4.03. The summed E-state index contributed by atoms with van der Waals surface area (Å²) in [4.78, 5) is 6.78. The molecule has 5 heteroatoms. The van der Waals surface area contributed by atoms with E-state index in [1.165, 1.54) is 17.7 Å². The van der Waals surface area contributed by atoms with Crippen LogP contribution in [0.1, 0.15) is 11.3 Å². The highest BCUT2D eigenvalue weighted by atomic mass is 19.1. The van der Waals surface area contributed by atoms with Gasteiger partial charge in [-0.25, -0.2) is 9.37 Å². The molecular weight excluding hydrogens is 317 g/mol. The molecule has 0 spiro atoms. The van der Waals surface area contributed by atoms with E-state index in [4.69, 9.17) is 10.2 Å². The van der Waals surface area contributed by atoms with Crippen molar-refractivity contribution in [2.45, 2.75) is 13.0 Å². The number of rotatable bonds is 8. The first kappa shape index (κ1) is 17.3. The van der Waals surface area contributed by atoms with Crippen molar-refractivity contribution in [3.05, 3.63) is 77.9 Å². The average Bonchev–Trinajstić information content (AvgIpc) is 3.10. The third-order valence-corrected chi connectivity index (χ3v) is 4.03. The van der Waals surface area contributed by atoms with Crippen LogP contribution in [-0.2, 0) is 13.0 Å². The Morgan fingerprint density at radius 2 is 1.76 bits per heavy atom. The lowest BCUT2D eigenvalue weighted by atomic mass is 10.1. The van der Waals surface area contributed by atoms with Gasteiger partial charge in [-0.1, -0.05) is 30.3 Å². The highest BCUT2D eigenvalue weighted by molar-refractivity contribution is 5.52. The van der Waals surface area contributed by atoms with Crippen molar-refractivity contribution in [1.29, 1.82) is 0 Å². The van der Waals surface area contributed by atoms with Crippen LogP contribution < -0.4 is 5.73 Å². The molecule has 1 aromatic heterocycles. The number of nitrogens with zero attached hydrogens (tertiary/aromatic N) is 2. The minimum Gasteiger partial charge on any atom is -0.444 e. The van der Waals surface area contributed by atoms with E-state index in [0.717, 1.165) is 30.8 Å². The number of hydrogen-bond acceptors (Lipinski definition) is 4. The summed E-state index contributed by atoms with van der Waals surface area (Å²) >= 11 is 0. The van der Waals surface area contributed by atoms with E-state index in [1.807, 2.05) is 6.07 Å². The fraction of sp³-hybridized carbons (Fsp3) is 0.250. The molecule has 0 aliphatic rings. The SMILES string of the molecule is NCCN(CCc1ccccc1)Cc1coc(-c2ccc(F)cc2)n1. The van der Waals surface area contributed by atoms with Crippen molar-refractivity contribution < 1.29 is 8.81 Å². The second kappa shape index (κ2) is 8.55. The van der Waals surface area contributed by atoms with E-state index in [9.17, 15) is 4.39 Å². The van der Waals surface area contributed by atoms with Crippen molar-refractivity contribution >= 4 is 0 Å². The van der Waals surface area contributed by atoms with E-state index < -0.39 is 0 Å². The maximum Gasteiger partial charge on any atom is 0.226 e. The first-order chi connectivity index (χ1) is 12.2. The van der Waals surface area contributed by atoms with Crippen molar-refractivity contribution in [3.63, 3.8) is 0 Å². The van der Waals surface area contributed by atoms with Gasteiger partial charge < -0.3 is 10.2 Å². The van der Waals surface area contributed by atoms with Crippen LogP contribution in [0.5, 0.6) is 0 Å². The van der Waals surface area contributed by atoms with Gasteiger partial charge in [-0.15, -0.1) is 0 Å².